The lowest BCUT2D eigenvalue weighted by Gasteiger charge is -2.37. The molecule has 0 radical (unpaired) electrons. The molecule has 1 amide bonds. The van der Waals surface area contributed by atoms with Crippen LogP contribution in [0.2, 0.25) is 0 Å². The Morgan fingerprint density at radius 2 is 2.00 bits per heavy atom. The van der Waals surface area contributed by atoms with Gasteiger partial charge in [0.25, 0.3) is 0 Å². The Hall–Kier alpha value is -0.650. The molecule has 1 unspecified atom stereocenters. The monoisotopic (exact) mass is 268 g/mol. The fourth-order valence-corrected chi connectivity index (χ4v) is 2.97. The van der Waals surface area contributed by atoms with Crippen molar-refractivity contribution in [1.29, 1.82) is 0 Å². The van der Waals surface area contributed by atoms with Gasteiger partial charge in [0.1, 0.15) is 0 Å². The largest absolute Gasteiger partial charge is 0.354 e. The second-order valence-corrected chi connectivity index (χ2v) is 6.10. The van der Waals surface area contributed by atoms with Crippen molar-refractivity contribution in [3.63, 3.8) is 0 Å². The Morgan fingerprint density at radius 1 is 1.26 bits per heavy atom. The SMILES string of the molecule is CN1CCN(C)C(CNC(=O)CC2CCNCC2)C1. The van der Waals surface area contributed by atoms with Gasteiger partial charge in [-0.25, -0.2) is 0 Å². The molecular formula is C14H28N4O. The average molecular weight is 268 g/mol. The van der Waals surface area contributed by atoms with Gasteiger partial charge in [0.05, 0.1) is 0 Å². The maximum atomic E-state index is 12.0. The third-order valence-electron chi connectivity index (χ3n) is 4.45. The number of carbonyl (C=O) groups is 1. The van der Waals surface area contributed by atoms with Crippen LogP contribution in [0.25, 0.3) is 0 Å². The molecule has 0 aliphatic carbocycles. The number of amides is 1. The summed E-state index contributed by atoms with van der Waals surface area (Å²) >= 11 is 0. The molecule has 1 atom stereocenters. The highest BCUT2D eigenvalue weighted by molar-refractivity contribution is 5.76. The molecule has 2 rings (SSSR count). The highest BCUT2D eigenvalue weighted by Gasteiger charge is 2.23. The quantitative estimate of drug-likeness (QED) is 0.737. The van der Waals surface area contributed by atoms with Gasteiger partial charge in [-0.3, -0.25) is 9.69 Å². The van der Waals surface area contributed by atoms with E-state index in [1.54, 1.807) is 0 Å². The summed E-state index contributed by atoms with van der Waals surface area (Å²) in [4.78, 5) is 16.7. The third-order valence-corrected chi connectivity index (χ3v) is 4.45. The molecule has 0 aromatic heterocycles. The van der Waals surface area contributed by atoms with Crippen molar-refractivity contribution in [2.75, 3.05) is 53.4 Å². The van der Waals surface area contributed by atoms with Crippen molar-refractivity contribution < 1.29 is 4.79 Å². The summed E-state index contributed by atoms with van der Waals surface area (Å²) in [5.74, 6) is 0.807. The molecule has 19 heavy (non-hydrogen) atoms. The highest BCUT2D eigenvalue weighted by atomic mass is 16.1. The number of hydrogen-bond acceptors (Lipinski definition) is 4. The smallest absolute Gasteiger partial charge is 0.220 e. The molecule has 0 bridgehead atoms. The number of piperazine rings is 1. The van der Waals surface area contributed by atoms with Crippen LogP contribution in [0.4, 0.5) is 0 Å². The van der Waals surface area contributed by atoms with Crippen LogP contribution in [-0.2, 0) is 4.79 Å². The van der Waals surface area contributed by atoms with Crippen molar-refractivity contribution in [1.82, 2.24) is 20.4 Å². The van der Waals surface area contributed by atoms with Gasteiger partial charge >= 0.3 is 0 Å². The zero-order valence-corrected chi connectivity index (χ0v) is 12.3. The lowest BCUT2D eigenvalue weighted by molar-refractivity contribution is -0.122. The van der Waals surface area contributed by atoms with E-state index >= 15 is 0 Å². The Labute approximate surface area is 116 Å². The topological polar surface area (TPSA) is 47.6 Å². The minimum atomic E-state index is 0.230. The molecule has 110 valence electrons. The Kier molecular flexibility index (Phi) is 5.60. The van der Waals surface area contributed by atoms with Crippen molar-refractivity contribution in [3.8, 4) is 0 Å². The summed E-state index contributed by atoms with van der Waals surface area (Å²) in [6.45, 7) is 6.17. The van der Waals surface area contributed by atoms with Crippen LogP contribution < -0.4 is 10.6 Å². The molecule has 2 fully saturated rings. The molecule has 2 aliphatic heterocycles. The summed E-state index contributed by atoms with van der Waals surface area (Å²) < 4.78 is 0. The van der Waals surface area contributed by atoms with E-state index in [2.05, 4.69) is 34.5 Å². The maximum absolute atomic E-state index is 12.0. The van der Waals surface area contributed by atoms with Crippen molar-refractivity contribution in [2.24, 2.45) is 5.92 Å². The lowest BCUT2D eigenvalue weighted by Crippen LogP contribution is -2.54. The number of carbonyl (C=O) groups excluding carboxylic acids is 1. The second kappa shape index (κ2) is 7.22. The van der Waals surface area contributed by atoms with Gasteiger partial charge in [-0.1, -0.05) is 0 Å². The molecule has 0 aromatic carbocycles. The summed E-state index contributed by atoms with van der Waals surface area (Å²) in [7, 11) is 4.30. The average Bonchev–Trinajstić information content (AvgIpc) is 2.41. The van der Waals surface area contributed by atoms with E-state index < -0.39 is 0 Å². The first-order valence-corrected chi connectivity index (χ1v) is 7.51. The maximum Gasteiger partial charge on any atom is 0.220 e. The van der Waals surface area contributed by atoms with Crippen molar-refractivity contribution in [3.05, 3.63) is 0 Å². The van der Waals surface area contributed by atoms with Gasteiger partial charge < -0.3 is 15.5 Å². The lowest BCUT2D eigenvalue weighted by atomic mass is 9.94. The minimum absolute atomic E-state index is 0.230. The predicted molar refractivity (Wildman–Crippen MR) is 77.1 cm³/mol. The Balaban J connectivity index is 1.67. The molecular weight excluding hydrogens is 240 g/mol. The normalized spacial score (nSPS) is 27.4. The first-order valence-electron chi connectivity index (χ1n) is 7.51. The van der Waals surface area contributed by atoms with Crippen molar-refractivity contribution >= 4 is 5.91 Å². The summed E-state index contributed by atoms with van der Waals surface area (Å²) in [5, 5.41) is 6.46. The molecule has 5 heteroatoms. The van der Waals surface area contributed by atoms with E-state index in [1.165, 1.54) is 0 Å². The van der Waals surface area contributed by atoms with Crippen LogP contribution in [0.3, 0.4) is 0 Å². The third kappa shape index (κ3) is 4.75. The molecule has 2 N–H and O–H groups in total. The number of likely N-dealkylation sites (N-methyl/N-ethyl adjacent to an activating group) is 2. The van der Waals surface area contributed by atoms with Gasteiger partial charge in [0.2, 0.25) is 5.91 Å². The van der Waals surface area contributed by atoms with Crippen LogP contribution in [0.5, 0.6) is 0 Å². The fourth-order valence-electron chi connectivity index (χ4n) is 2.97. The van der Waals surface area contributed by atoms with Crippen LogP contribution in [0, 0.1) is 5.92 Å². The highest BCUT2D eigenvalue weighted by Crippen LogP contribution is 2.15. The van der Waals surface area contributed by atoms with E-state index in [9.17, 15) is 4.79 Å². The van der Waals surface area contributed by atoms with Crippen LogP contribution in [-0.4, -0.2) is 75.1 Å². The van der Waals surface area contributed by atoms with Crippen LogP contribution >= 0.6 is 0 Å². The first-order chi connectivity index (χ1) is 9.15. The molecule has 0 spiro atoms. The molecule has 0 aromatic rings. The van der Waals surface area contributed by atoms with E-state index in [1.807, 2.05) is 0 Å². The predicted octanol–water partition coefficient (Wildman–Crippen LogP) is -0.262. The zero-order chi connectivity index (χ0) is 13.7. The molecule has 0 saturated carbocycles. The summed E-state index contributed by atoms with van der Waals surface area (Å²) in [5.41, 5.74) is 0. The van der Waals surface area contributed by atoms with E-state index in [0.29, 0.717) is 18.4 Å². The van der Waals surface area contributed by atoms with E-state index in [-0.39, 0.29) is 5.91 Å². The first kappa shape index (κ1) is 14.8. The number of piperidine rings is 1. The molecule has 2 aliphatic rings. The van der Waals surface area contributed by atoms with Gasteiger partial charge in [-0.05, 0) is 45.9 Å². The number of nitrogens with zero attached hydrogens (tertiary/aromatic N) is 2. The number of hydrogen-bond donors (Lipinski definition) is 2. The molecule has 5 nitrogen and oxygen atoms in total. The minimum Gasteiger partial charge on any atom is -0.354 e. The second-order valence-electron chi connectivity index (χ2n) is 6.10. The summed E-state index contributed by atoms with van der Waals surface area (Å²) in [6, 6.07) is 0.454. The Bertz CT molecular complexity index is 291. The summed E-state index contributed by atoms with van der Waals surface area (Å²) in [6.07, 6.45) is 2.98. The van der Waals surface area contributed by atoms with Crippen molar-refractivity contribution in [2.45, 2.75) is 25.3 Å². The number of nitrogens with one attached hydrogen (secondary N) is 2. The number of rotatable bonds is 4. The standard InChI is InChI=1S/C14H28N4O/c1-17-7-8-18(2)13(11-17)10-16-14(19)9-12-3-5-15-6-4-12/h12-13,15H,3-11H2,1-2H3,(H,16,19). The zero-order valence-electron chi connectivity index (χ0n) is 12.3. The fraction of sp³-hybridized carbons (Fsp3) is 0.929. The van der Waals surface area contributed by atoms with Gasteiger partial charge in [-0.2, -0.15) is 0 Å². The van der Waals surface area contributed by atoms with E-state index in [4.69, 9.17) is 0 Å². The Morgan fingerprint density at radius 3 is 2.74 bits per heavy atom. The molecule has 2 heterocycles. The van der Waals surface area contributed by atoms with Gasteiger partial charge in [0.15, 0.2) is 0 Å². The van der Waals surface area contributed by atoms with Gasteiger partial charge in [0, 0.05) is 38.6 Å². The van der Waals surface area contributed by atoms with Crippen LogP contribution in [0.15, 0.2) is 0 Å². The van der Waals surface area contributed by atoms with Crippen LogP contribution in [0.1, 0.15) is 19.3 Å². The molecule has 2 saturated heterocycles. The van der Waals surface area contributed by atoms with E-state index in [0.717, 1.165) is 52.1 Å². The van der Waals surface area contributed by atoms with Gasteiger partial charge in [-0.15, -0.1) is 0 Å².